The molecule has 0 radical (unpaired) electrons. The van der Waals surface area contributed by atoms with Crippen molar-refractivity contribution in [2.75, 3.05) is 0 Å². The summed E-state index contributed by atoms with van der Waals surface area (Å²) in [7, 11) is 0. The molecule has 0 N–H and O–H groups in total. The van der Waals surface area contributed by atoms with Crippen molar-refractivity contribution in [2.24, 2.45) is 0 Å². The van der Waals surface area contributed by atoms with E-state index < -0.39 is 0 Å². The molecule has 1 aromatic carbocycles. The second-order valence-corrected chi connectivity index (χ2v) is 5.36. The van der Waals surface area contributed by atoms with E-state index in [1.54, 1.807) is 0 Å². The zero-order valence-electron chi connectivity index (χ0n) is 13.5. The summed E-state index contributed by atoms with van der Waals surface area (Å²) in [6.07, 6.45) is 13.9. The first-order valence-electron chi connectivity index (χ1n) is 8.39. The van der Waals surface area contributed by atoms with Gasteiger partial charge >= 0.3 is 0 Å². The zero-order valence-corrected chi connectivity index (χ0v) is 13.5. The molecule has 0 amide bonds. The third kappa shape index (κ3) is 13.5. The van der Waals surface area contributed by atoms with Crippen molar-refractivity contribution in [3.05, 3.63) is 35.9 Å². The van der Waals surface area contributed by atoms with E-state index in [2.05, 4.69) is 51.1 Å². The van der Waals surface area contributed by atoms with Gasteiger partial charge in [-0.1, -0.05) is 109 Å². The molecule has 0 heteroatoms. The smallest absolute Gasteiger partial charge is 0.0281 e. The van der Waals surface area contributed by atoms with Crippen molar-refractivity contribution in [1.82, 2.24) is 0 Å². The molecule has 19 heavy (non-hydrogen) atoms. The summed E-state index contributed by atoms with van der Waals surface area (Å²) < 4.78 is 0. The van der Waals surface area contributed by atoms with Crippen LogP contribution in [0.3, 0.4) is 0 Å². The molecular weight excluding hydrogens is 228 g/mol. The highest BCUT2D eigenvalue weighted by Gasteiger charge is 1.87. The SMILES string of the molecule is CCCCCCCCCC.CCCc1ccccc1. The summed E-state index contributed by atoms with van der Waals surface area (Å²) >= 11 is 0. The lowest BCUT2D eigenvalue weighted by Crippen LogP contribution is -1.78. The van der Waals surface area contributed by atoms with Gasteiger partial charge in [-0.05, 0) is 12.0 Å². The summed E-state index contributed by atoms with van der Waals surface area (Å²) in [4.78, 5) is 0. The second-order valence-electron chi connectivity index (χ2n) is 5.36. The van der Waals surface area contributed by atoms with Crippen LogP contribution in [-0.4, -0.2) is 0 Å². The monoisotopic (exact) mass is 262 g/mol. The Morgan fingerprint density at radius 3 is 1.47 bits per heavy atom. The molecule has 0 heterocycles. The molecule has 110 valence electrons. The quantitative estimate of drug-likeness (QED) is 0.430. The number of benzene rings is 1. The fourth-order valence-corrected chi connectivity index (χ4v) is 2.14. The molecule has 0 bridgehead atoms. The maximum absolute atomic E-state index is 2.27. The minimum Gasteiger partial charge on any atom is -0.0654 e. The van der Waals surface area contributed by atoms with Crippen LogP contribution in [0.25, 0.3) is 0 Å². The van der Waals surface area contributed by atoms with Crippen LogP contribution >= 0.6 is 0 Å². The fourth-order valence-electron chi connectivity index (χ4n) is 2.14. The molecule has 0 saturated heterocycles. The number of aryl methyl sites for hydroxylation is 1. The van der Waals surface area contributed by atoms with Gasteiger partial charge in [-0.15, -0.1) is 0 Å². The van der Waals surface area contributed by atoms with Gasteiger partial charge in [0.15, 0.2) is 0 Å². The minimum atomic E-state index is 1.21. The molecule has 0 aliphatic carbocycles. The maximum atomic E-state index is 2.27. The summed E-state index contributed by atoms with van der Waals surface area (Å²) in [6.45, 7) is 6.74. The Morgan fingerprint density at radius 2 is 1.05 bits per heavy atom. The van der Waals surface area contributed by atoms with Gasteiger partial charge in [0, 0.05) is 0 Å². The van der Waals surface area contributed by atoms with E-state index in [9.17, 15) is 0 Å². The van der Waals surface area contributed by atoms with Crippen molar-refractivity contribution in [1.29, 1.82) is 0 Å². The number of hydrogen-bond donors (Lipinski definition) is 0. The molecular formula is C19H34. The van der Waals surface area contributed by atoms with E-state index in [1.807, 2.05) is 0 Å². The lowest BCUT2D eigenvalue weighted by molar-refractivity contribution is 0.585. The third-order valence-corrected chi connectivity index (χ3v) is 3.34. The Hall–Kier alpha value is -0.780. The first-order chi connectivity index (χ1) is 9.35. The Bertz CT molecular complexity index is 242. The van der Waals surface area contributed by atoms with E-state index in [0.29, 0.717) is 0 Å². The molecule has 0 fully saturated rings. The largest absolute Gasteiger partial charge is 0.0654 e. The van der Waals surface area contributed by atoms with Crippen molar-refractivity contribution >= 4 is 0 Å². The van der Waals surface area contributed by atoms with Crippen molar-refractivity contribution < 1.29 is 0 Å². The summed E-state index contributed by atoms with van der Waals surface area (Å²) in [5.41, 5.74) is 1.44. The highest BCUT2D eigenvalue weighted by atomic mass is 13.9. The molecule has 0 aliphatic rings. The molecule has 0 atom stereocenters. The van der Waals surface area contributed by atoms with Crippen LogP contribution in [0.1, 0.15) is 84.1 Å². The van der Waals surface area contributed by atoms with E-state index in [4.69, 9.17) is 0 Å². The van der Waals surface area contributed by atoms with E-state index in [1.165, 1.54) is 69.8 Å². The number of hydrogen-bond acceptors (Lipinski definition) is 0. The van der Waals surface area contributed by atoms with Gasteiger partial charge in [0.2, 0.25) is 0 Å². The van der Waals surface area contributed by atoms with Crippen LogP contribution in [0.2, 0.25) is 0 Å². The first kappa shape index (κ1) is 18.2. The van der Waals surface area contributed by atoms with Gasteiger partial charge in [0.05, 0.1) is 0 Å². The Labute approximate surface area is 121 Å². The van der Waals surface area contributed by atoms with Gasteiger partial charge in [-0.25, -0.2) is 0 Å². The first-order valence-corrected chi connectivity index (χ1v) is 8.39. The minimum absolute atomic E-state index is 1.21. The van der Waals surface area contributed by atoms with E-state index in [0.717, 1.165) is 0 Å². The highest BCUT2D eigenvalue weighted by Crippen LogP contribution is 2.07. The second kappa shape index (κ2) is 15.3. The molecule has 0 aliphatic heterocycles. The van der Waals surface area contributed by atoms with Crippen molar-refractivity contribution in [3.63, 3.8) is 0 Å². The van der Waals surface area contributed by atoms with Gasteiger partial charge in [0.25, 0.3) is 0 Å². The highest BCUT2D eigenvalue weighted by molar-refractivity contribution is 5.14. The molecule has 1 rings (SSSR count). The van der Waals surface area contributed by atoms with Crippen LogP contribution < -0.4 is 0 Å². The normalized spacial score (nSPS) is 9.84. The zero-order chi connectivity index (χ0) is 14.2. The maximum Gasteiger partial charge on any atom is -0.0281 e. The van der Waals surface area contributed by atoms with Crippen LogP contribution in [0.4, 0.5) is 0 Å². The topological polar surface area (TPSA) is 0 Å². The molecule has 0 spiro atoms. The summed E-state index contributed by atoms with van der Waals surface area (Å²) in [5, 5.41) is 0. The lowest BCUT2D eigenvalue weighted by Gasteiger charge is -1.97. The third-order valence-electron chi connectivity index (χ3n) is 3.34. The predicted molar refractivity (Wildman–Crippen MR) is 88.7 cm³/mol. The number of rotatable bonds is 9. The molecule has 0 saturated carbocycles. The Kier molecular flexibility index (Phi) is 14.7. The average Bonchev–Trinajstić information content (AvgIpc) is 2.45. The fraction of sp³-hybridized carbons (Fsp3) is 0.684. The van der Waals surface area contributed by atoms with Gasteiger partial charge in [0.1, 0.15) is 0 Å². The van der Waals surface area contributed by atoms with Crippen LogP contribution in [-0.2, 0) is 6.42 Å². The van der Waals surface area contributed by atoms with Crippen LogP contribution in [0.5, 0.6) is 0 Å². The van der Waals surface area contributed by atoms with E-state index >= 15 is 0 Å². The average molecular weight is 262 g/mol. The predicted octanol–water partition coefficient (Wildman–Crippen LogP) is 6.79. The Balaban J connectivity index is 0.000000342. The van der Waals surface area contributed by atoms with E-state index in [-0.39, 0.29) is 0 Å². The molecule has 0 nitrogen and oxygen atoms in total. The molecule has 0 unspecified atom stereocenters. The van der Waals surface area contributed by atoms with Crippen LogP contribution in [0.15, 0.2) is 30.3 Å². The standard InChI is InChI=1S/C10H22.C9H12/c1-3-5-7-9-10-8-6-4-2;1-2-6-9-7-4-3-5-8-9/h3-10H2,1-2H3;3-5,7-8H,2,6H2,1H3. The van der Waals surface area contributed by atoms with Gasteiger partial charge < -0.3 is 0 Å². The molecule has 1 aromatic rings. The van der Waals surface area contributed by atoms with Crippen molar-refractivity contribution in [3.8, 4) is 0 Å². The van der Waals surface area contributed by atoms with Gasteiger partial charge in [-0.3, -0.25) is 0 Å². The number of unbranched alkanes of at least 4 members (excludes halogenated alkanes) is 7. The summed E-state index contributed by atoms with van der Waals surface area (Å²) in [5.74, 6) is 0. The molecule has 0 aromatic heterocycles. The summed E-state index contributed by atoms with van der Waals surface area (Å²) in [6, 6.07) is 10.6. The van der Waals surface area contributed by atoms with Gasteiger partial charge in [-0.2, -0.15) is 0 Å². The van der Waals surface area contributed by atoms with Crippen molar-refractivity contribution in [2.45, 2.75) is 85.0 Å². The Morgan fingerprint density at radius 1 is 0.579 bits per heavy atom. The van der Waals surface area contributed by atoms with Crippen LogP contribution in [0, 0.1) is 0 Å². The lowest BCUT2D eigenvalue weighted by atomic mass is 10.1.